The molecule has 0 radical (unpaired) electrons. The van der Waals surface area contributed by atoms with Crippen molar-refractivity contribution in [3.8, 4) is 22.9 Å². The zero-order chi connectivity index (χ0) is 28.8. The van der Waals surface area contributed by atoms with E-state index in [1.54, 1.807) is 37.4 Å². The van der Waals surface area contributed by atoms with Gasteiger partial charge in [-0.15, -0.1) is 21.5 Å². The fourth-order valence-corrected chi connectivity index (χ4v) is 5.68. The number of rotatable bonds is 11. The first kappa shape index (κ1) is 28.2. The van der Waals surface area contributed by atoms with Crippen LogP contribution in [0.3, 0.4) is 0 Å². The van der Waals surface area contributed by atoms with Crippen molar-refractivity contribution in [1.82, 2.24) is 30.4 Å². The summed E-state index contributed by atoms with van der Waals surface area (Å²) in [4.78, 5) is 31.3. The second-order valence-electron chi connectivity index (χ2n) is 9.76. The van der Waals surface area contributed by atoms with E-state index in [1.807, 2.05) is 17.5 Å². The number of ether oxygens (including phenoxy) is 2. The number of halogens is 1. The van der Waals surface area contributed by atoms with Gasteiger partial charge in [-0.25, -0.2) is 4.39 Å². The molecule has 1 aliphatic carbocycles. The Morgan fingerprint density at radius 2 is 1.85 bits per heavy atom. The first-order chi connectivity index (χ1) is 19.9. The van der Waals surface area contributed by atoms with Gasteiger partial charge in [0.15, 0.2) is 11.5 Å². The molecular weight excluding hydrogens is 547 g/mol. The summed E-state index contributed by atoms with van der Waals surface area (Å²) in [6, 6.07) is 13.8. The lowest BCUT2D eigenvalue weighted by molar-refractivity contribution is -0.142. The number of tetrazole rings is 1. The van der Waals surface area contributed by atoms with E-state index in [2.05, 4.69) is 20.7 Å². The zero-order valence-corrected chi connectivity index (χ0v) is 23.6. The third kappa shape index (κ3) is 6.71. The number of hydrogen-bond donors (Lipinski definition) is 1. The summed E-state index contributed by atoms with van der Waals surface area (Å²) in [6.07, 6.45) is 3.87. The first-order valence-corrected chi connectivity index (χ1v) is 14.2. The third-order valence-corrected chi connectivity index (χ3v) is 7.91. The summed E-state index contributed by atoms with van der Waals surface area (Å²) < 4.78 is 24.5. The van der Waals surface area contributed by atoms with Crippen molar-refractivity contribution in [3.63, 3.8) is 0 Å². The van der Waals surface area contributed by atoms with Crippen molar-refractivity contribution in [2.75, 3.05) is 14.2 Å². The summed E-state index contributed by atoms with van der Waals surface area (Å²) in [5.41, 5.74) is 1.15. The molecule has 1 atom stereocenters. The highest BCUT2D eigenvalue weighted by Gasteiger charge is 2.34. The topological polar surface area (TPSA) is 111 Å². The Hall–Kier alpha value is -4.32. The van der Waals surface area contributed by atoms with E-state index >= 15 is 0 Å². The molecule has 0 saturated heterocycles. The highest BCUT2D eigenvalue weighted by molar-refractivity contribution is 7.09. The Balaban J connectivity index is 1.43. The molecule has 12 heteroatoms. The molecule has 5 rings (SSSR count). The van der Waals surface area contributed by atoms with Gasteiger partial charge in [-0.1, -0.05) is 31.0 Å². The Kier molecular flexibility index (Phi) is 8.88. The lowest BCUT2D eigenvalue weighted by atomic mass is 10.0. The Labute approximate surface area is 241 Å². The number of nitrogens with zero attached hydrogens (tertiary/aromatic N) is 5. The van der Waals surface area contributed by atoms with Crippen molar-refractivity contribution in [3.05, 3.63) is 76.2 Å². The van der Waals surface area contributed by atoms with Gasteiger partial charge in [-0.05, 0) is 65.4 Å². The number of carbonyl (C=O) groups is 2. The van der Waals surface area contributed by atoms with E-state index in [9.17, 15) is 14.0 Å². The monoisotopic (exact) mass is 578 g/mol. The fourth-order valence-electron chi connectivity index (χ4n) is 4.97. The molecule has 1 fully saturated rings. The Morgan fingerprint density at radius 1 is 1.10 bits per heavy atom. The Bertz CT molecular complexity index is 1470. The number of hydrogen-bond acceptors (Lipinski definition) is 8. The zero-order valence-electron chi connectivity index (χ0n) is 22.8. The van der Waals surface area contributed by atoms with Crippen LogP contribution in [0.2, 0.25) is 0 Å². The summed E-state index contributed by atoms with van der Waals surface area (Å²) in [6.45, 7) is -0.0616. The molecule has 2 amide bonds. The molecule has 0 bridgehead atoms. The molecule has 1 aliphatic rings. The molecular formula is C29H31FN6O4S. The normalized spacial score (nSPS) is 14.0. The van der Waals surface area contributed by atoms with Gasteiger partial charge in [0.1, 0.15) is 18.4 Å². The summed E-state index contributed by atoms with van der Waals surface area (Å²) >= 11 is 1.48. The van der Waals surface area contributed by atoms with Crippen LogP contribution in [0.5, 0.6) is 11.5 Å². The number of aromatic nitrogens is 4. The molecule has 1 saturated carbocycles. The van der Waals surface area contributed by atoms with Crippen LogP contribution in [0.15, 0.2) is 60.0 Å². The van der Waals surface area contributed by atoms with Crippen LogP contribution >= 0.6 is 11.3 Å². The predicted octanol–water partition coefficient (Wildman–Crippen LogP) is 4.39. The Morgan fingerprint density at radius 3 is 2.54 bits per heavy atom. The van der Waals surface area contributed by atoms with Crippen LogP contribution in [0, 0.1) is 5.82 Å². The first-order valence-electron chi connectivity index (χ1n) is 13.3. The van der Waals surface area contributed by atoms with E-state index in [1.165, 1.54) is 40.3 Å². The van der Waals surface area contributed by atoms with Gasteiger partial charge in [0.05, 0.1) is 20.8 Å². The number of methoxy groups -OCH3 is 2. The van der Waals surface area contributed by atoms with Gasteiger partial charge in [-0.3, -0.25) is 9.59 Å². The lowest BCUT2D eigenvalue weighted by Crippen LogP contribution is -2.46. The van der Waals surface area contributed by atoms with Crippen molar-refractivity contribution in [2.24, 2.45) is 0 Å². The van der Waals surface area contributed by atoms with Gasteiger partial charge in [0, 0.05) is 16.5 Å². The smallest absolute Gasteiger partial charge is 0.247 e. The van der Waals surface area contributed by atoms with Gasteiger partial charge < -0.3 is 19.7 Å². The minimum absolute atomic E-state index is 0.0465. The molecule has 0 aliphatic heterocycles. The van der Waals surface area contributed by atoms with Crippen molar-refractivity contribution >= 4 is 23.2 Å². The number of carbonyl (C=O) groups excluding carboxylic acids is 2. The molecule has 10 nitrogen and oxygen atoms in total. The van der Waals surface area contributed by atoms with Gasteiger partial charge in [-0.2, -0.15) is 4.80 Å². The van der Waals surface area contributed by atoms with Crippen molar-refractivity contribution < 1.29 is 23.5 Å². The number of amides is 2. The van der Waals surface area contributed by atoms with Crippen LogP contribution in [0.25, 0.3) is 11.4 Å². The maximum absolute atomic E-state index is 13.9. The maximum Gasteiger partial charge on any atom is 0.247 e. The van der Waals surface area contributed by atoms with Gasteiger partial charge in [0.2, 0.25) is 17.6 Å². The molecule has 2 heterocycles. The average molecular weight is 579 g/mol. The summed E-state index contributed by atoms with van der Waals surface area (Å²) in [7, 11) is 3.08. The van der Waals surface area contributed by atoms with Crippen molar-refractivity contribution in [1.29, 1.82) is 0 Å². The molecule has 2 aromatic carbocycles. The van der Waals surface area contributed by atoms with E-state index in [0.717, 1.165) is 30.6 Å². The highest BCUT2D eigenvalue weighted by atomic mass is 32.1. The molecule has 2 aromatic heterocycles. The van der Waals surface area contributed by atoms with Crippen LogP contribution in [0.1, 0.15) is 42.2 Å². The largest absolute Gasteiger partial charge is 0.493 e. The SMILES string of the molecule is COc1ccc(-c2nnn(CC(=O)N(Cc3cccs3)[C@@H](C(=O)NC3CCCC3)c3ccc(F)cc3)n2)cc1OC. The minimum Gasteiger partial charge on any atom is -0.493 e. The maximum atomic E-state index is 13.9. The second kappa shape index (κ2) is 12.9. The third-order valence-electron chi connectivity index (χ3n) is 7.05. The predicted molar refractivity (Wildman–Crippen MR) is 151 cm³/mol. The standard InChI is InChI=1S/C29H31FN6O4S/c1-39-24-14-11-20(16-25(24)40-2)28-32-34-36(33-28)18-26(37)35(17-23-8-5-15-41-23)27(19-9-12-21(30)13-10-19)29(38)31-22-6-3-4-7-22/h5,8-16,22,27H,3-4,6-7,17-18H2,1-2H3,(H,31,38)/t27-/m1/s1. The van der Waals surface area contributed by atoms with E-state index in [4.69, 9.17) is 9.47 Å². The van der Waals surface area contributed by atoms with Crippen LogP contribution in [-0.2, 0) is 22.7 Å². The van der Waals surface area contributed by atoms with Crippen LogP contribution in [-0.4, -0.2) is 57.2 Å². The highest BCUT2D eigenvalue weighted by Crippen LogP contribution is 2.31. The van der Waals surface area contributed by atoms with E-state index in [0.29, 0.717) is 28.5 Å². The molecule has 0 unspecified atom stereocenters. The van der Waals surface area contributed by atoms with E-state index in [-0.39, 0.29) is 30.9 Å². The van der Waals surface area contributed by atoms with Gasteiger partial charge >= 0.3 is 0 Å². The number of thiophene rings is 1. The molecule has 1 N–H and O–H groups in total. The van der Waals surface area contributed by atoms with Crippen LogP contribution in [0.4, 0.5) is 4.39 Å². The van der Waals surface area contributed by atoms with Gasteiger partial charge in [0.25, 0.3) is 0 Å². The molecule has 41 heavy (non-hydrogen) atoms. The summed E-state index contributed by atoms with van der Waals surface area (Å²) in [5.74, 6) is 0.268. The fraction of sp³-hybridized carbons (Fsp3) is 0.345. The molecule has 0 spiro atoms. The number of benzene rings is 2. The molecule has 214 valence electrons. The molecule has 4 aromatic rings. The lowest BCUT2D eigenvalue weighted by Gasteiger charge is -2.32. The minimum atomic E-state index is -0.973. The number of nitrogens with one attached hydrogen (secondary N) is 1. The van der Waals surface area contributed by atoms with Crippen LogP contribution < -0.4 is 14.8 Å². The van der Waals surface area contributed by atoms with E-state index < -0.39 is 11.9 Å². The summed E-state index contributed by atoms with van der Waals surface area (Å²) in [5, 5.41) is 17.6. The second-order valence-corrected chi connectivity index (χ2v) is 10.8. The average Bonchev–Trinajstić information content (AvgIpc) is 3.77. The quantitative estimate of drug-likeness (QED) is 0.281. The van der Waals surface area contributed by atoms with Crippen molar-refractivity contribution in [2.45, 2.75) is 50.9 Å².